The van der Waals surface area contributed by atoms with Gasteiger partial charge in [-0.25, -0.2) is 4.67 Å². The summed E-state index contributed by atoms with van der Waals surface area (Å²) in [5.74, 6) is -1.52. The van der Waals surface area contributed by atoms with E-state index in [1.54, 1.807) is 0 Å². The molecule has 11 unspecified atom stereocenters. The molecule has 3 heterocycles. The van der Waals surface area contributed by atoms with Gasteiger partial charge in [0.25, 0.3) is 8.53 Å². The van der Waals surface area contributed by atoms with Crippen LogP contribution in [0.15, 0.2) is 0 Å². The average molecular weight is 1740 g/mol. The molecule has 0 aromatic carbocycles. The fraction of sp³-hybridized carbons (Fsp3) is 0.893. The molecule has 35 nitrogen and oxygen atoms in total. The molecule has 0 aromatic rings. The van der Waals surface area contributed by atoms with Crippen LogP contribution in [0.2, 0.25) is 0 Å². The largest absolute Gasteiger partial charge is 0.377 e. The van der Waals surface area contributed by atoms with E-state index in [9.17, 15) is 38.4 Å². The summed E-state index contributed by atoms with van der Waals surface area (Å²) in [6, 6.07) is -0.508. The van der Waals surface area contributed by atoms with Gasteiger partial charge in [-0.3, -0.25) is 38.4 Å². The van der Waals surface area contributed by atoms with Crippen molar-refractivity contribution in [1.29, 1.82) is 5.26 Å². The number of unbranched alkanes of at least 4 members (excludes halogenated alkanes) is 5. The Bertz CT molecular complexity index is 2820. The van der Waals surface area contributed by atoms with E-state index in [-0.39, 0.29) is 245 Å². The number of nitrogens with zero attached hydrogens (tertiary/aromatic N) is 2. The first kappa shape index (κ1) is 109. The second-order valence-electron chi connectivity index (χ2n) is 31.6. The fourth-order valence-corrected chi connectivity index (χ4v) is 16.1. The van der Waals surface area contributed by atoms with Crippen LogP contribution in [0.4, 0.5) is 0 Å². The van der Waals surface area contributed by atoms with Gasteiger partial charge in [-0.2, -0.15) is 5.26 Å². The normalized spacial score (nSPS) is 23.8. The number of nitriles is 1. The Morgan fingerprint density at radius 2 is 0.692 bits per heavy atom. The minimum Gasteiger partial charge on any atom is -0.377 e. The summed E-state index contributed by atoms with van der Waals surface area (Å²) in [4.78, 5) is 104. The number of ether oxygens (including phenoxy) is 15. The minimum atomic E-state index is -1.37. The smallest absolute Gasteiger partial charge is 0.259 e. The highest BCUT2D eigenvalue weighted by atomic mass is 31.2. The highest BCUT2D eigenvalue weighted by Crippen LogP contribution is 2.46. The molecule has 8 N–H and O–H groups in total. The van der Waals surface area contributed by atoms with Gasteiger partial charge in [0.15, 0.2) is 18.9 Å². The summed E-state index contributed by atoms with van der Waals surface area (Å²) in [6.45, 7) is 36.7. The summed E-state index contributed by atoms with van der Waals surface area (Å²) < 4.78 is 102. The molecule has 120 heavy (non-hydrogen) atoms. The number of carbonyl (C=O) groups is 8. The van der Waals surface area contributed by atoms with Crippen LogP contribution in [-0.4, -0.2) is 303 Å². The van der Waals surface area contributed by atoms with Crippen molar-refractivity contribution in [1.82, 2.24) is 47.2 Å². The van der Waals surface area contributed by atoms with Crippen LogP contribution < -0.4 is 42.5 Å². The molecule has 0 saturated carbocycles. The van der Waals surface area contributed by atoms with Gasteiger partial charge >= 0.3 is 0 Å². The number of hydrogen-bond acceptors (Lipinski definition) is 27. The standard InChI is InChI=1S/C84H155N10O25P/c1-17-71-60(8)63(11)77(89-66(14)95)82(117-71)112-52-49-106-40-37-103-43-46-109-55-74(98)86-32-25-22-29-69(80(101)88-34-24-20-21-27-35-115-120(116-36-28-31-85)94(58(4)5)59(6)7)93-81(102)70(92-76(100)57-111-48-45-105-39-42-108-51-54-114-84-79(91-68(16)97)65(13)62(10)73(19-3)119-84)30-23-26-33-87-75(99)56-110-47-44-104-38-41-107-50-53-113-83-78(90-67(15)96)64(12)61(9)72(18-2)118-83/h58-65,69-73,77-79,82-84H,17-30,32-57H2,1-16H3,(H,86,98)(H,87,99)(H,88,101)(H,89,95)(H,90,96)(H,91,97)(H,92,100)(H,93,102)/t60-,61?,62?,63+,64?,65?,69+,70+,71-,72?,73?,77-,78?,79?,82-,83?,84?,120?/m1/s1. The van der Waals surface area contributed by atoms with Crippen LogP contribution in [0.5, 0.6) is 0 Å². The molecule has 0 bridgehead atoms. The highest BCUT2D eigenvalue weighted by Gasteiger charge is 2.45. The van der Waals surface area contributed by atoms with Gasteiger partial charge in [-0.15, -0.1) is 0 Å². The lowest BCUT2D eigenvalue weighted by Crippen LogP contribution is -2.57. The molecule has 0 aromatic heterocycles. The van der Waals surface area contributed by atoms with E-state index in [2.05, 4.69) is 143 Å². The second-order valence-corrected chi connectivity index (χ2v) is 33.0. The molecular formula is C84H155N10O25P. The highest BCUT2D eigenvalue weighted by molar-refractivity contribution is 7.44. The van der Waals surface area contributed by atoms with E-state index >= 15 is 0 Å². The summed E-state index contributed by atoms with van der Waals surface area (Å²) in [6.07, 6.45) is 6.02. The maximum atomic E-state index is 14.5. The molecule has 8 amide bonds. The molecule has 3 saturated heterocycles. The predicted molar refractivity (Wildman–Crippen MR) is 450 cm³/mol. The lowest BCUT2D eigenvalue weighted by atomic mass is 9.81. The molecule has 0 aliphatic carbocycles. The number of rotatable bonds is 70. The number of carbonyl (C=O) groups excluding carboxylic acids is 8. The molecule has 3 aliphatic rings. The lowest BCUT2D eigenvalue weighted by Gasteiger charge is -2.44. The van der Waals surface area contributed by atoms with Crippen molar-refractivity contribution in [2.45, 2.75) is 280 Å². The van der Waals surface area contributed by atoms with Crippen LogP contribution in [0.1, 0.15) is 201 Å². The minimum absolute atomic E-state index is 0.000992. The Morgan fingerprint density at radius 3 is 1.04 bits per heavy atom. The van der Waals surface area contributed by atoms with Crippen LogP contribution in [0.25, 0.3) is 0 Å². The van der Waals surface area contributed by atoms with Crippen LogP contribution >= 0.6 is 8.53 Å². The third-order valence-electron chi connectivity index (χ3n) is 21.5. The first-order valence-corrected chi connectivity index (χ1v) is 45.3. The monoisotopic (exact) mass is 1740 g/mol. The Morgan fingerprint density at radius 1 is 0.375 bits per heavy atom. The molecule has 36 heteroatoms. The first-order chi connectivity index (χ1) is 57.7. The van der Waals surface area contributed by atoms with E-state index in [0.29, 0.717) is 84.9 Å². The molecule has 0 radical (unpaired) electrons. The van der Waals surface area contributed by atoms with Crippen molar-refractivity contribution < 1.29 is 118 Å². The van der Waals surface area contributed by atoms with Crippen LogP contribution in [-0.2, 0) is 118 Å². The van der Waals surface area contributed by atoms with Crippen molar-refractivity contribution in [3.05, 3.63) is 0 Å². The van der Waals surface area contributed by atoms with Crippen molar-refractivity contribution in [2.24, 2.45) is 35.5 Å². The molecule has 0 spiro atoms. The lowest BCUT2D eigenvalue weighted by molar-refractivity contribution is -0.239. The maximum Gasteiger partial charge on any atom is 0.259 e. The van der Waals surface area contributed by atoms with Crippen LogP contribution in [0, 0.1) is 46.8 Å². The topological polar surface area (TPSA) is 417 Å². The van der Waals surface area contributed by atoms with E-state index in [0.717, 1.165) is 38.5 Å². The quantitative estimate of drug-likeness (QED) is 0.0240. The third kappa shape index (κ3) is 46.3. The van der Waals surface area contributed by atoms with Gasteiger partial charge < -0.3 is 123 Å². The van der Waals surface area contributed by atoms with E-state index in [4.69, 9.17) is 85.4 Å². The van der Waals surface area contributed by atoms with Gasteiger partial charge in [0.2, 0.25) is 47.3 Å². The van der Waals surface area contributed by atoms with Crippen LogP contribution in [0.3, 0.4) is 0 Å². The van der Waals surface area contributed by atoms with Gasteiger partial charge in [0, 0.05) is 52.5 Å². The summed E-state index contributed by atoms with van der Waals surface area (Å²) in [7, 11) is -1.37. The number of nitrogens with one attached hydrogen (secondary N) is 8. The SMILES string of the molecule is CCC1OC(OCCOCCOCCOCC(=O)NCCCC[C@H](NC(=O)COCCOCCOCCOC2OC(CC)C(C)C(C)C2NC(C)=O)C(=O)N[C@@H](CCCCNC(=O)COCCOCCOCCO[C@@H]2O[C@H](CC)[C@H](C)[C@H](C)[C@H]2NC(C)=O)C(=O)NCCCCCCOP(OCCC#N)N(C(C)C)C(C)C)C(NC(C)=O)C(C)C1C. The zero-order valence-electron chi connectivity index (χ0n) is 75.3. The molecule has 696 valence electrons. The maximum absolute atomic E-state index is 14.5. The summed E-state index contributed by atoms with van der Waals surface area (Å²) >= 11 is 0. The fourth-order valence-electron chi connectivity index (χ4n) is 14.4. The van der Waals surface area contributed by atoms with Crippen molar-refractivity contribution in [3.63, 3.8) is 0 Å². The summed E-state index contributed by atoms with van der Waals surface area (Å²) in [5, 5.41) is 32.5. The van der Waals surface area contributed by atoms with Crippen molar-refractivity contribution in [3.8, 4) is 6.07 Å². The first-order valence-electron chi connectivity index (χ1n) is 44.1. The zero-order valence-corrected chi connectivity index (χ0v) is 76.2. The number of amides is 8. The number of hydrogen-bond donors (Lipinski definition) is 8. The second kappa shape index (κ2) is 66.4. The predicted octanol–water partition coefficient (Wildman–Crippen LogP) is 6.43. The van der Waals surface area contributed by atoms with E-state index in [1.807, 2.05) is 0 Å². The Labute approximate surface area is 717 Å². The van der Waals surface area contributed by atoms with E-state index < -0.39 is 63.8 Å². The molecule has 3 fully saturated rings. The Kier molecular flexibility index (Phi) is 60.4. The third-order valence-corrected chi connectivity index (χ3v) is 23.6. The Hall–Kier alpha value is -5.04. The molecule has 18 atom stereocenters. The molecular weight excluding hydrogens is 1580 g/mol. The average Bonchev–Trinajstić information content (AvgIpc) is 0.819. The summed E-state index contributed by atoms with van der Waals surface area (Å²) in [5.41, 5.74) is 0. The molecule has 3 rings (SSSR count). The van der Waals surface area contributed by atoms with Gasteiger partial charge in [0.05, 0.1) is 181 Å². The van der Waals surface area contributed by atoms with Gasteiger partial charge in [0.1, 0.15) is 31.9 Å². The molecule has 3 aliphatic heterocycles. The van der Waals surface area contributed by atoms with Crippen molar-refractivity contribution >= 4 is 55.8 Å². The zero-order chi connectivity index (χ0) is 88.4. The van der Waals surface area contributed by atoms with Gasteiger partial charge in [-0.1, -0.05) is 75.2 Å². The Balaban J connectivity index is 1.56. The van der Waals surface area contributed by atoms with E-state index in [1.165, 1.54) is 20.8 Å². The van der Waals surface area contributed by atoms with Gasteiger partial charge in [-0.05, 0) is 134 Å². The van der Waals surface area contributed by atoms with Crippen molar-refractivity contribution in [2.75, 3.05) is 172 Å².